The van der Waals surface area contributed by atoms with Gasteiger partial charge in [0, 0.05) is 10.1 Å². The van der Waals surface area contributed by atoms with Crippen LogP contribution in [0, 0.1) is 0 Å². The molecule has 2 aromatic carbocycles. The second-order valence-corrected chi connectivity index (χ2v) is 6.28. The molecular weight excluding hydrogens is 342 g/mol. The summed E-state index contributed by atoms with van der Waals surface area (Å²) in [7, 11) is 0. The van der Waals surface area contributed by atoms with Crippen molar-refractivity contribution in [2.75, 3.05) is 6.54 Å². The summed E-state index contributed by atoms with van der Waals surface area (Å²) in [5.74, 6) is -2.59. The van der Waals surface area contributed by atoms with Gasteiger partial charge in [0.2, 0.25) is 4.74 Å². The van der Waals surface area contributed by atoms with Crippen LogP contribution in [0.15, 0.2) is 53.3 Å². The van der Waals surface area contributed by atoms with Crippen molar-refractivity contribution < 1.29 is 19.8 Å². The molecule has 0 saturated heterocycles. The molecule has 0 unspecified atom stereocenters. The number of nitrogens with one attached hydrogen (secondary N) is 1. The molecule has 1 aromatic heterocycles. The van der Waals surface area contributed by atoms with Crippen LogP contribution >= 0.6 is 11.3 Å². The number of amides is 1. The highest BCUT2D eigenvalue weighted by molar-refractivity contribution is 7.16. The van der Waals surface area contributed by atoms with Gasteiger partial charge in [0.1, 0.15) is 17.9 Å². The van der Waals surface area contributed by atoms with Gasteiger partial charge in [-0.15, -0.1) is 0 Å². The van der Waals surface area contributed by atoms with Crippen molar-refractivity contribution >= 4 is 33.3 Å². The minimum atomic E-state index is -1.24. The van der Waals surface area contributed by atoms with Crippen LogP contribution in [-0.4, -0.2) is 28.6 Å². The van der Waals surface area contributed by atoms with E-state index in [4.69, 9.17) is 5.11 Å². The molecule has 0 bridgehead atoms. The van der Waals surface area contributed by atoms with E-state index in [1.54, 1.807) is 18.2 Å². The maximum atomic E-state index is 12.2. The Kier molecular flexibility index (Phi) is 4.49. The summed E-state index contributed by atoms with van der Waals surface area (Å²) in [5, 5.41) is 21.4. The van der Waals surface area contributed by atoms with Crippen molar-refractivity contribution in [2.24, 2.45) is 0 Å². The molecule has 0 atom stereocenters. The van der Waals surface area contributed by atoms with Crippen LogP contribution in [0.3, 0.4) is 0 Å². The van der Waals surface area contributed by atoms with Crippen LogP contribution in [0.2, 0.25) is 0 Å². The molecule has 3 aromatic rings. The molecule has 0 saturated carbocycles. The largest absolute Gasteiger partial charge is 0.506 e. The highest BCUT2D eigenvalue weighted by atomic mass is 32.1. The van der Waals surface area contributed by atoms with E-state index in [1.165, 1.54) is 0 Å². The number of hydrogen-bond acceptors (Lipinski definition) is 5. The molecule has 0 aliphatic carbocycles. The van der Waals surface area contributed by atoms with Gasteiger partial charge in [-0.05, 0) is 23.3 Å². The van der Waals surface area contributed by atoms with Gasteiger partial charge in [0.05, 0.1) is 0 Å². The van der Waals surface area contributed by atoms with E-state index in [9.17, 15) is 19.5 Å². The maximum Gasteiger partial charge on any atom is 0.322 e. The van der Waals surface area contributed by atoms with Crippen molar-refractivity contribution in [2.45, 2.75) is 0 Å². The summed E-state index contributed by atoms with van der Waals surface area (Å²) in [6, 6.07) is 14.7. The number of benzene rings is 2. The van der Waals surface area contributed by atoms with Gasteiger partial charge < -0.3 is 15.5 Å². The Morgan fingerprint density at radius 1 is 1.04 bits per heavy atom. The average molecular weight is 355 g/mol. The minimum absolute atomic E-state index is 0.366. The normalized spacial score (nSPS) is 10.6. The number of carboxylic acid groups (broad SMARTS) is 1. The zero-order chi connectivity index (χ0) is 18.0. The summed E-state index contributed by atoms with van der Waals surface area (Å²) in [6.07, 6.45) is 0. The number of rotatable bonds is 4. The number of aliphatic carboxylic acids is 1. The lowest BCUT2D eigenvalue weighted by molar-refractivity contribution is -0.135. The van der Waals surface area contributed by atoms with Gasteiger partial charge in [-0.3, -0.25) is 14.4 Å². The Labute approximate surface area is 146 Å². The van der Waals surface area contributed by atoms with Crippen molar-refractivity contribution in [3.05, 3.63) is 63.6 Å². The fourth-order valence-corrected chi connectivity index (χ4v) is 3.39. The first-order valence-corrected chi connectivity index (χ1v) is 8.14. The highest BCUT2D eigenvalue weighted by Crippen LogP contribution is 2.32. The lowest BCUT2D eigenvalue weighted by atomic mass is 10.0. The van der Waals surface area contributed by atoms with E-state index >= 15 is 0 Å². The quantitative estimate of drug-likeness (QED) is 0.667. The van der Waals surface area contributed by atoms with E-state index in [0.29, 0.717) is 10.1 Å². The zero-order valence-electron chi connectivity index (χ0n) is 12.9. The Bertz CT molecular complexity index is 1030. The molecule has 0 radical (unpaired) electrons. The van der Waals surface area contributed by atoms with E-state index in [0.717, 1.165) is 22.5 Å². The molecular formula is C18H13NO5S. The SMILES string of the molecule is O=C(O)CNC(=O)c1c(O)c2ccc(-c3ccccc3)cc2sc1=O. The Hall–Kier alpha value is -3.19. The van der Waals surface area contributed by atoms with Crippen LogP contribution in [0.1, 0.15) is 10.4 Å². The molecule has 7 heteroatoms. The molecule has 0 aliphatic rings. The van der Waals surface area contributed by atoms with Crippen molar-refractivity contribution in [3.63, 3.8) is 0 Å². The fraction of sp³-hybridized carbons (Fsp3) is 0.0556. The third kappa shape index (κ3) is 3.36. The molecule has 126 valence electrons. The molecule has 0 aliphatic heterocycles. The van der Waals surface area contributed by atoms with Gasteiger partial charge in [0.25, 0.3) is 5.91 Å². The molecule has 1 heterocycles. The van der Waals surface area contributed by atoms with Crippen molar-refractivity contribution in [1.29, 1.82) is 0 Å². The number of carboxylic acids is 1. The standard InChI is InChI=1S/C18H13NO5S/c20-14(21)9-19-17(23)15-16(22)12-7-6-11(8-13(12)25-18(15)24)10-4-2-1-3-5-10/h1-8,22H,9H2,(H,19,23)(H,20,21). The van der Waals surface area contributed by atoms with E-state index in [-0.39, 0.29) is 0 Å². The second-order valence-electron chi connectivity index (χ2n) is 5.27. The third-order valence-electron chi connectivity index (χ3n) is 3.61. The molecule has 3 N–H and O–H groups in total. The van der Waals surface area contributed by atoms with Crippen LogP contribution in [0.4, 0.5) is 0 Å². The first kappa shape index (κ1) is 16.7. The maximum absolute atomic E-state index is 12.2. The number of hydrogen-bond donors (Lipinski definition) is 3. The zero-order valence-corrected chi connectivity index (χ0v) is 13.7. The van der Waals surface area contributed by atoms with E-state index < -0.39 is 34.5 Å². The van der Waals surface area contributed by atoms with Gasteiger partial charge in [-0.25, -0.2) is 0 Å². The third-order valence-corrected chi connectivity index (χ3v) is 4.56. The number of aromatic hydroxyl groups is 1. The van der Waals surface area contributed by atoms with Crippen LogP contribution in [-0.2, 0) is 4.79 Å². The van der Waals surface area contributed by atoms with E-state index in [1.807, 2.05) is 30.3 Å². The number of carbonyl (C=O) groups excluding carboxylic acids is 1. The van der Waals surface area contributed by atoms with Gasteiger partial charge in [0.15, 0.2) is 0 Å². The topological polar surface area (TPSA) is 104 Å². The average Bonchev–Trinajstić information content (AvgIpc) is 2.60. The molecule has 3 rings (SSSR count). The van der Waals surface area contributed by atoms with Gasteiger partial charge in [-0.1, -0.05) is 47.7 Å². The monoisotopic (exact) mass is 355 g/mol. The van der Waals surface area contributed by atoms with Crippen LogP contribution in [0.5, 0.6) is 5.75 Å². The molecule has 1 amide bonds. The second kappa shape index (κ2) is 6.74. The van der Waals surface area contributed by atoms with Gasteiger partial charge in [-0.2, -0.15) is 0 Å². The number of carbonyl (C=O) groups is 2. The first-order valence-electron chi connectivity index (χ1n) is 7.32. The summed E-state index contributed by atoms with van der Waals surface area (Å²) >= 11 is 0.830. The summed E-state index contributed by atoms with van der Waals surface area (Å²) in [4.78, 5) is 34.8. The van der Waals surface area contributed by atoms with E-state index in [2.05, 4.69) is 5.32 Å². The molecule has 25 heavy (non-hydrogen) atoms. The predicted molar refractivity (Wildman–Crippen MR) is 95.2 cm³/mol. The lowest BCUT2D eigenvalue weighted by Crippen LogP contribution is -2.32. The summed E-state index contributed by atoms with van der Waals surface area (Å²) < 4.78 is -0.0864. The minimum Gasteiger partial charge on any atom is -0.506 e. The lowest BCUT2D eigenvalue weighted by Gasteiger charge is -2.08. The molecule has 0 spiro atoms. The van der Waals surface area contributed by atoms with Crippen molar-refractivity contribution in [1.82, 2.24) is 5.32 Å². The number of fused-ring (bicyclic) bond motifs is 1. The van der Waals surface area contributed by atoms with Crippen molar-refractivity contribution in [3.8, 4) is 16.9 Å². The predicted octanol–water partition coefficient (Wildman–Crippen LogP) is 2.45. The summed E-state index contributed by atoms with van der Waals surface area (Å²) in [5.41, 5.74) is 1.41. The Morgan fingerprint density at radius 2 is 1.76 bits per heavy atom. The fourth-order valence-electron chi connectivity index (χ4n) is 2.44. The Morgan fingerprint density at radius 3 is 2.44 bits per heavy atom. The first-order chi connectivity index (χ1) is 12.0. The van der Waals surface area contributed by atoms with Crippen LogP contribution < -0.4 is 10.1 Å². The smallest absolute Gasteiger partial charge is 0.322 e. The molecule has 0 fully saturated rings. The molecule has 6 nitrogen and oxygen atoms in total. The van der Waals surface area contributed by atoms with Crippen LogP contribution in [0.25, 0.3) is 21.2 Å². The van der Waals surface area contributed by atoms with Gasteiger partial charge >= 0.3 is 5.97 Å². The summed E-state index contributed by atoms with van der Waals surface area (Å²) in [6.45, 7) is -0.632. The Balaban J connectivity index is 2.07. The highest BCUT2D eigenvalue weighted by Gasteiger charge is 2.20.